The van der Waals surface area contributed by atoms with Crippen molar-refractivity contribution in [2.75, 3.05) is 26.6 Å². The SMILES string of the molecule is COc1cc(C(=O)N[C@@H](C)C(=O)Nc2ccc3c(c2)CCC3)cc(OC)c1OC. The lowest BCUT2D eigenvalue weighted by molar-refractivity contribution is -0.117. The monoisotopic (exact) mass is 398 g/mol. The van der Waals surface area contributed by atoms with E-state index < -0.39 is 11.9 Å². The largest absolute Gasteiger partial charge is 0.493 e. The second-order valence-corrected chi connectivity index (χ2v) is 6.94. The Labute approximate surface area is 170 Å². The number of fused-ring (bicyclic) bond motifs is 1. The lowest BCUT2D eigenvalue weighted by atomic mass is 10.1. The normalized spacial score (nSPS) is 13.2. The minimum atomic E-state index is -0.727. The van der Waals surface area contributed by atoms with Crippen LogP contribution >= 0.6 is 0 Å². The van der Waals surface area contributed by atoms with E-state index in [1.165, 1.54) is 32.5 Å². The van der Waals surface area contributed by atoms with Crippen LogP contribution in [0.2, 0.25) is 0 Å². The van der Waals surface area contributed by atoms with E-state index in [0.717, 1.165) is 24.9 Å². The molecule has 7 nitrogen and oxygen atoms in total. The van der Waals surface area contributed by atoms with Crippen LogP contribution in [-0.4, -0.2) is 39.2 Å². The average Bonchev–Trinajstić information content (AvgIpc) is 3.20. The molecule has 1 aliphatic rings. The number of benzene rings is 2. The van der Waals surface area contributed by atoms with Crippen LogP contribution in [0.1, 0.15) is 34.8 Å². The van der Waals surface area contributed by atoms with Crippen molar-refractivity contribution >= 4 is 17.5 Å². The molecule has 7 heteroatoms. The van der Waals surface area contributed by atoms with Gasteiger partial charge in [-0.05, 0) is 61.6 Å². The summed E-state index contributed by atoms with van der Waals surface area (Å²) in [6.07, 6.45) is 3.27. The Balaban J connectivity index is 1.69. The van der Waals surface area contributed by atoms with E-state index in [-0.39, 0.29) is 5.91 Å². The Morgan fingerprint density at radius 2 is 1.59 bits per heavy atom. The van der Waals surface area contributed by atoms with Crippen LogP contribution in [0.15, 0.2) is 30.3 Å². The first-order valence-electron chi connectivity index (χ1n) is 9.50. The molecule has 154 valence electrons. The fourth-order valence-electron chi connectivity index (χ4n) is 3.46. The molecule has 0 radical (unpaired) electrons. The van der Waals surface area contributed by atoms with Crippen LogP contribution in [0.4, 0.5) is 5.69 Å². The Kier molecular flexibility index (Phi) is 6.26. The summed E-state index contributed by atoms with van der Waals surface area (Å²) in [6, 6.07) is 8.32. The molecule has 0 saturated heterocycles. The Morgan fingerprint density at radius 3 is 2.21 bits per heavy atom. The quantitative estimate of drug-likeness (QED) is 0.749. The van der Waals surface area contributed by atoms with Gasteiger partial charge in [-0.2, -0.15) is 0 Å². The highest BCUT2D eigenvalue weighted by Crippen LogP contribution is 2.38. The second kappa shape index (κ2) is 8.86. The van der Waals surface area contributed by atoms with E-state index in [4.69, 9.17) is 14.2 Å². The van der Waals surface area contributed by atoms with Crippen LogP contribution < -0.4 is 24.8 Å². The molecule has 3 rings (SSSR count). The van der Waals surface area contributed by atoms with Crippen molar-refractivity contribution in [3.63, 3.8) is 0 Å². The predicted octanol–water partition coefficient (Wildman–Crippen LogP) is 2.96. The summed E-state index contributed by atoms with van der Waals surface area (Å²) in [5, 5.41) is 5.57. The molecule has 0 aliphatic heterocycles. The lowest BCUT2D eigenvalue weighted by Crippen LogP contribution is -2.41. The molecule has 0 unspecified atom stereocenters. The van der Waals surface area contributed by atoms with Gasteiger partial charge in [0.2, 0.25) is 11.7 Å². The van der Waals surface area contributed by atoms with Gasteiger partial charge >= 0.3 is 0 Å². The van der Waals surface area contributed by atoms with Gasteiger partial charge in [0.25, 0.3) is 5.91 Å². The molecule has 1 atom stereocenters. The maximum Gasteiger partial charge on any atom is 0.252 e. The third-order valence-electron chi connectivity index (χ3n) is 5.03. The molecular weight excluding hydrogens is 372 g/mol. The van der Waals surface area contributed by atoms with E-state index in [1.54, 1.807) is 19.1 Å². The molecule has 0 bridgehead atoms. The number of nitrogens with one attached hydrogen (secondary N) is 2. The van der Waals surface area contributed by atoms with Crippen LogP contribution in [0, 0.1) is 0 Å². The third-order valence-corrected chi connectivity index (χ3v) is 5.03. The van der Waals surface area contributed by atoms with Gasteiger partial charge in [0, 0.05) is 11.3 Å². The number of anilines is 1. The van der Waals surface area contributed by atoms with Crippen molar-refractivity contribution < 1.29 is 23.8 Å². The van der Waals surface area contributed by atoms with Crippen molar-refractivity contribution in [2.24, 2.45) is 0 Å². The van der Waals surface area contributed by atoms with Gasteiger partial charge in [0.1, 0.15) is 6.04 Å². The first kappa shape index (κ1) is 20.5. The van der Waals surface area contributed by atoms with E-state index in [1.807, 2.05) is 12.1 Å². The van der Waals surface area contributed by atoms with Crippen molar-refractivity contribution in [3.05, 3.63) is 47.0 Å². The third kappa shape index (κ3) is 4.45. The summed E-state index contributed by atoms with van der Waals surface area (Å²) in [4.78, 5) is 25.2. The Hall–Kier alpha value is -3.22. The van der Waals surface area contributed by atoms with Gasteiger partial charge in [0.05, 0.1) is 21.3 Å². The van der Waals surface area contributed by atoms with E-state index in [9.17, 15) is 9.59 Å². The summed E-state index contributed by atoms with van der Waals surface area (Å²) < 4.78 is 15.8. The Morgan fingerprint density at radius 1 is 0.931 bits per heavy atom. The lowest BCUT2D eigenvalue weighted by Gasteiger charge is -2.17. The van der Waals surface area contributed by atoms with Gasteiger partial charge in [-0.1, -0.05) is 6.07 Å². The first-order valence-corrected chi connectivity index (χ1v) is 9.50. The number of amides is 2. The molecule has 0 aromatic heterocycles. The zero-order valence-electron chi connectivity index (χ0n) is 17.1. The smallest absolute Gasteiger partial charge is 0.252 e. The van der Waals surface area contributed by atoms with Crippen LogP contribution in [0.3, 0.4) is 0 Å². The van der Waals surface area contributed by atoms with Gasteiger partial charge in [-0.3, -0.25) is 9.59 Å². The van der Waals surface area contributed by atoms with Crippen LogP contribution in [-0.2, 0) is 17.6 Å². The molecule has 2 amide bonds. The highest BCUT2D eigenvalue weighted by atomic mass is 16.5. The average molecular weight is 398 g/mol. The van der Waals surface area contributed by atoms with E-state index in [2.05, 4.69) is 16.7 Å². The molecule has 2 N–H and O–H groups in total. The molecule has 0 saturated carbocycles. The van der Waals surface area contributed by atoms with Crippen molar-refractivity contribution in [3.8, 4) is 17.2 Å². The molecule has 1 aliphatic carbocycles. The summed E-state index contributed by atoms with van der Waals surface area (Å²) in [7, 11) is 4.45. The van der Waals surface area contributed by atoms with Gasteiger partial charge < -0.3 is 24.8 Å². The number of aryl methyl sites for hydroxylation is 2. The number of carbonyl (C=O) groups excluding carboxylic acids is 2. The fourth-order valence-corrected chi connectivity index (χ4v) is 3.46. The molecule has 2 aromatic rings. The van der Waals surface area contributed by atoms with Gasteiger partial charge in [-0.25, -0.2) is 0 Å². The number of hydrogen-bond donors (Lipinski definition) is 2. The maximum atomic E-state index is 12.7. The minimum Gasteiger partial charge on any atom is -0.493 e. The number of ether oxygens (including phenoxy) is 3. The summed E-state index contributed by atoms with van der Waals surface area (Å²) in [6.45, 7) is 1.64. The van der Waals surface area contributed by atoms with E-state index >= 15 is 0 Å². The zero-order valence-corrected chi connectivity index (χ0v) is 17.1. The van der Waals surface area contributed by atoms with Crippen molar-refractivity contribution in [1.29, 1.82) is 0 Å². The Bertz CT molecular complexity index is 900. The molecule has 0 spiro atoms. The summed E-state index contributed by atoms with van der Waals surface area (Å²) in [5.74, 6) is 0.429. The molecule has 29 heavy (non-hydrogen) atoms. The van der Waals surface area contributed by atoms with Gasteiger partial charge in [0.15, 0.2) is 11.5 Å². The highest BCUT2D eigenvalue weighted by Gasteiger charge is 2.21. The summed E-state index contributed by atoms with van der Waals surface area (Å²) >= 11 is 0. The zero-order chi connectivity index (χ0) is 21.0. The minimum absolute atomic E-state index is 0.288. The van der Waals surface area contributed by atoms with Crippen molar-refractivity contribution in [2.45, 2.75) is 32.2 Å². The van der Waals surface area contributed by atoms with Crippen LogP contribution in [0.25, 0.3) is 0 Å². The fraction of sp³-hybridized carbons (Fsp3) is 0.364. The predicted molar refractivity (Wildman–Crippen MR) is 110 cm³/mol. The summed E-state index contributed by atoms with van der Waals surface area (Å²) in [5.41, 5.74) is 3.66. The van der Waals surface area contributed by atoms with Gasteiger partial charge in [-0.15, -0.1) is 0 Å². The number of hydrogen-bond acceptors (Lipinski definition) is 5. The van der Waals surface area contributed by atoms with Crippen LogP contribution in [0.5, 0.6) is 17.2 Å². The highest BCUT2D eigenvalue weighted by molar-refractivity contribution is 6.01. The molecule has 2 aromatic carbocycles. The van der Waals surface area contributed by atoms with E-state index in [0.29, 0.717) is 22.8 Å². The first-order chi connectivity index (χ1) is 14.0. The molecule has 0 fully saturated rings. The standard InChI is InChI=1S/C22H26N2O5/c1-13(21(25)24-17-9-8-14-6-5-7-15(14)10-17)23-22(26)16-11-18(27-2)20(29-4)19(12-16)28-3/h8-13H,5-7H2,1-4H3,(H,23,26)(H,24,25)/t13-/m0/s1. The molecule has 0 heterocycles. The van der Waals surface area contributed by atoms with Crippen molar-refractivity contribution in [1.82, 2.24) is 5.32 Å². The maximum absolute atomic E-state index is 12.7. The number of carbonyl (C=O) groups is 2. The second-order valence-electron chi connectivity index (χ2n) is 6.94. The number of methoxy groups -OCH3 is 3. The topological polar surface area (TPSA) is 85.9 Å². The number of rotatable bonds is 7. The molecular formula is C22H26N2O5.